The van der Waals surface area contributed by atoms with E-state index < -0.39 is 0 Å². The molecule has 0 atom stereocenters. The lowest BCUT2D eigenvalue weighted by Crippen LogP contribution is -2.02. The molecule has 0 unspecified atom stereocenters. The predicted octanol–water partition coefficient (Wildman–Crippen LogP) is 6.55. The van der Waals surface area contributed by atoms with Crippen LogP contribution in [0.4, 0.5) is 11.5 Å². The van der Waals surface area contributed by atoms with Crippen molar-refractivity contribution in [3.8, 4) is 0 Å². The van der Waals surface area contributed by atoms with Gasteiger partial charge in [-0.25, -0.2) is 9.97 Å². The molecule has 0 aliphatic heterocycles. The first kappa shape index (κ1) is 18.0. The van der Waals surface area contributed by atoms with E-state index in [4.69, 9.17) is 21.6 Å². The molecule has 0 saturated heterocycles. The maximum atomic E-state index is 6.10. The quantitative estimate of drug-likeness (QED) is 0.417. The van der Waals surface area contributed by atoms with Gasteiger partial charge in [0.15, 0.2) is 0 Å². The van der Waals surface area contributed by atoms with Gasteiger partial charge >= 0.3 is 0 Å². The van der Waals surface area contributed by atoms with Crippen molar-refractivity contribution in [2.75, 3.05) is 5.32 Å². The first-order chi connectivity index (χ1) is 13.1. The number of aryl methyl sites for hydroxylation is 2. The van der Waals surface area contributed by atoms with E-state index in [1.807, 2.05) is 43.3 Å². The van der Waals surface area contributed by atoms with Crippen LogP contribution < -0.4 is 5.32 Å². The molecule has 136 valence electrons. The standard InChI is InChI=1S/C22H20ClN3S/c1-3-17-13-18-21(24-19-10-9-16(23)11-14(19)2)25-20(26-22(18)27-17)12-15-7-5-4-6-8-15/h4-11,13H,3,12H2,1-2H3,(H,24,25,26). The number of benzene rings is 2. The Morgan fingerprint density at radius 3 is 2.59 bits per heavy atom. The largest absolute Gasteiger partial charge is 0.339 e. The van der Waals surface area contributed by atoms with Crippen LogP contribution >= 0.6 is 22.9 Å². The monoisotopic (exact) mass is 393 g/mol. The molecule has 0 aliphatic carbocycles. The lowest BCUT2D eigenvalue weighted by Gasteiger charge is -2.11. The van der Waals surface area contributed by atoms with Crippen molar-refractivity contribution in [3.63, 3.8) is 0 Å². The summed E-state index contributed by atoms with van der Waals surface area (Å²) in [6.07, 6.45) is 1.71. The van der Waals surface area contributed by atoms with E-state index in [1.165, 1.54) is 10.4 Å². The summed E-state index contributed by atoms with van der Waals surface area (Å²) >= 11 is 7.84. The second-order valence-corrected chi connectivity index (χ2v) is 8.07. The van der Waals surface area contributed by atoms with Gasteiger partial charge in [-0.3, -0.25) is 0 Å². The second-order valence-electron chi connectivity index (χ2n) is 6.52. The number of anilines is 2. The van der Waals surface area contributed by atoms with Gasteiger partial charge < -0.3 is 5.32 Å². The summed E-state index contributed by atoms with van der Waals surface area (Å²) in [4.78, 5) is 12.0. The molecule has 0 bridgehead atoms. The SMILES string of the molecule is CCc1cc2c(Nc3ccc(Cl)cc3C)nc(Cc3ccccc3)nc2s1. The summed E-state index contributed by atoms with van der Waals surface area (Å²) in [5.41, 5.74) is 3.30. The van der Waals surface area contributed by atoms with E-state index >= 15 is 0 Å². The average molecular weight is 394 g/mol. The Kier molecular flexibility index (Phi) is 5.10. The van der Waals surface area contributed by atoms with Gasteiger partial charge in [0.05, 0.1) is 5.39 Å². The third-order valence-corrected chi connectivity index (χ3v) is 5.89. The molecule has 4 rings (SSSR count). The molecular formula is C22H20ClN3S. The van der Waals surface area contributed by atoms with Crippen LogP contribution in [0, 0.1) is 6.92 Å². The maximum absolute atomic E-state index is 6.10. The number of hydrogen-bond acceptors (Lipinski definition) is 4. The minimum atomic E-state index is 0.713. The highest BCUT2D eigenvalue weighted by atomic mass is 35.5. The third-order valence-electron chi connectivity index (χ3n) is 4.49. The molecule has 0 spiro atoms. The van der Waals surface area contributed by atoms with Crippen LogP contribution in [-0.2, 0) is 12.8 Å². The first-order valence-electron chi connectivity index (χ1n) is 8.99. The molecule has 0 radical (unpaired) electrons. The van der Waals surface area contributed by atoms with Crippen molar-refractivity contribution < 1.29 is 0 Å². The minimum absolute atomic E-state index is 0.713. The molecule has 27 heavy (non-hydrogen) atoms. The summed E-state index contributed by atoms with van der Waals surface area (Å²) in [5, 5.41) is 5.31. The summed E-state index contributed by atoms with van der Waals surface area (Å²) in [6, 6.07) is 18.4. The summed E-state index contributed by atoms with van der Waals surface area (Å²) in [6.45, 7) is 4.21. The predicted molar refractivity (Wildman–Crippen MR) is 116 cm³/mol. The Morgan fingerprint density at radius 2 is 1.85 bits per heavy atom. The smallest absolute Gasteiger partial charge is 0.142 e. The van der Waals surface area contributed by atoms with E-state index in [0.717, 1.165) is 44.6 Å². The van der Waals surface area contributed by atoms with Crippen LogP contribution in [0.2, 0.25) is 5.02 Å². The number of aromatic nitrogens is 2. The highest BCUT2D eigenvalue weighted by Gasteiger charge is 2.13. The average Bonchev–Trinajstić information content (AvgIpc) is 3.08. The Morgan fingerprint density at radius 1 is 1.04 bits per heavy atom. The van der Waals surface area contributed by atoms with Crippen LogP contribution in [0.15, 0.2) is 54.6 Å². The van der Waals surface area contributed by atoms with Crippen LogP contribution in [0.25, 0.3) is 10.2 Å². The highest BCUT2D eigenvalue weighted by molar-refractivity contribution is 7.18. The third kappa shape index (κ3) is 3.97. The zero-order valence-electron chi connectivity index (χ0n) is 15.3. The molecule has 1 N–H and O–H groups in total. The van der Waals surface area contributed by atoms with E-state index in [-0.39, 0.29) is 0 Å². The van der Waals surface area contributed by atoms with Crippen LogP contribution in [0.5, 0.6) is 0 Å². The van der Waals surface area contributed by atoms with Gasteiger partial charge in [-0.05, 0) is 48.7 Å². The lowest BCUT2D eigenvalue weighted by molar-refractivity contribution is 0.999. The van der Waals surface area contributed by atoms with Gasteiger partial charge in [0.25, 0.3) is 0 Å². The maximum Gasteiger partial charge on any atom is 0.142 e. The topological polar surface area (TPSA) is 37.8 Å². The van der Waals surface area contributed by atoms with Crippen molar-refractivity contribution in [1.82, 2.24) is 9.97 Å². The van der Waals surface area contributed by atoms with Crippen molar-refractivity contribution in [2.24, 2.45) is 0 Å². The van der Waals surface area contributed by atoms with Gasteiger partial charge in [-0.2, -0.15) is 0 Å². The number of thiophene rings is 1. The summed E-state index contributed by atoms with van der Waals surface area (Å²) in [5.74, 6) is 1.68. The summed E-state index contributed by atoms with van der Waals surface area (Å²) < 4.78 is 0. The van der Waals surface area contributed by atoms with Crippen LogP contribution in [0.1, 0.15) is 28.8 Å². The van der Waals surface area contributed by atoms with E-state index in [2.05, 4.69) is 30.4 Å². The second kappa shape index (κ2) is 7.67. The molecule has 3 nitrogen and oxygen atoms in total. The molecule has 4 aromatic rings. The molecule has 0 fully saturated rings. The molecule has 2 aromatic heterocycles. The highest BCUT2D eigenvalue weighted by Crippen LogP contribution is 2.32. The molecule has 2 heterocycles. The molecule has 5 heteroatoms. The molecule has 2 aromatic carbocycles. The van der Waals surface area contributed by atoms with Crippen molar-refractivity contribution >= 4 is 44.7 Å². The molecule has 0 saturated carbocycles. The van der Waals surface area contributed by atoms with Crippen LogP contribution in [0.3, 0.4) is 0 Å². The van der Waals surface area contributed by atoms with Gasteiger partial charge in [-0.1, -0.05) is 48.9 Å². The van der Waals surface area contributed by atoms with Crippen molar-refractivity contribution in [1.29, 1.82) is 0 Å². The number of fused-ring (bicyclic) bond motifs is 1. The van der Waals surface area contributed by atoms with Gasteiger partial charge in [-0.15, -0.1) is 11.3 Å². The number of rotatable bonds is 5. The number of nitrogens with zero attached hydrogens (tertiary/aromatic N) is 2. The van der Waals surface area contributed by atoms with E-state index in [1.54, 1.807) is 11.3 Å². The molecular weight excluding hydrogens is 374 g/mol. The van der Waals surface area contributed by atoms with Gasteiger partial charge in [0, 0.05) is 22.0 Å². The fourth-order valence-corrected chi connectivity index (χ4v) is 4.25. The lowest BCUT2D eigenvalue weighted by atomic mass is 10.1. The minimum Gasteiger partial charge on any atom is -0.339 e. The normalized spacial score (nSPS) is 11.1. The van der Waals surface area contributed by atoms with E-state index in [9.17, 15) is 0 Å². The Hall–Kier alpha value is -2.43. The van der Waals surface area contributed by atoms with Crippen molar-refractivity contribution in [3.05, 3.63) is 81.4 Å². The first-order valence-corrected chi connectivity index (χ1v) is 10.2. The van der Waals surface area contributed by atoms with Gasteiger partial charge in [0.1, 0.15) is 16.5 Å². The zero-order chi connectivity index (χ0) is 18.8. The Balaban J connectivity index is 1.77. The van der Waals surface area contributed by atoms with Crippen LogP contribution in [-0.4, -0.2) is 9.97 Å². The van der Waals surface area contributed by atoms with Crippen molar-refractivity contribution in [2.45, 2.75) is 26.7 Å². The van der Waals surface area contributed by atoms with Gasteiger partial charge in [0.2, 0.25) is 0 Å². The molecule has 0 amide bonds. The zero-order valence-corrected chi connectivity index (χ0v) is 16.9. The number of hydrogen-bond donors (Lipinski definition) is 1. The fraction of sp³-hybridized carbons (Fsp3) is 0.182. The fourth-order valence-electron chi connectivity index (χ4n) is 3.04. The Labute approximate surface area is 168 Å². The number of nitrogens with one attached hydrogen (secondary N) is 1. The molecule has 0 aliphatic rings. The Bertz CT molecular complexity index is 1090. The summed E-state index contributed by atoms with van der Waals surface area (Å²) in [7, 11) is 0. The van der Waals surface area contributed by atoms with E-state index in [0.29, 0.717) is 6.42 Å². The number of halogens is 1.